The fourth-order valence-electron chi connectivity index (χ4n) is 4.12. The van der Waals surface area contributed by atoms with Crippen molar-refractivity contribution in [1.29, 1.82) is 0 Å². The van der Waals surface area contributed by atoms with Crippen LogP contribution < -0.4 is 11.6 Å². The first kappa shape index (κ1) is 22.5. The maximum absolute atomic E-state index is 14.1. The number of rotatable bonds is 5. The van der Waals surface area contributed by atoms with E-state index in [1.54, 1.807) is 6.08 Å². The number of hydrazone groups is 1. The van der Waals surface area contributed by atoms with Gasteiger partial charge in [0.05, 0.1) is 18.9 Å². The van der Waals surface area contributed by atoms with E-state index in [0.717, 1.165) is 52.0 Å². The van der Waals surface area contributed by atoms with Crippen LogP contribution >= 0.6 is 0 Å². The van der Waals surface area contributed by atoms with Crippen LogP contribution in [0.2, 0.25) is 0 Å². The number of nitrogens with two attached hydrogens (primary N) is 2. The minimum Gasteiger partial charge on any atom is -0.397 e. The third kappa shape index (κ3) is 5.48. The summed E-state index contributed by atoms with van der Waals surface area (Å²) < 4.78 is 58.2. The molecule has 6 nitrogen and oxygen atoms in total. The summed E-state index contributed by atoms with van der Waals surface area (Å²) in [6, 6.07) is 1.83. The van der Waals surface area contributed by atoms with Crippen molar-refractivity contribution < 1.29 is 22.3 Å². The van der Waals surface area contributed by atoms with Gasteiger partial charge in [-0.1, -0.05) is 6.08 Å². The van der Waals surface area contributed by atoms with E-state index in [-0.39, 0.29) is 11.4 Å². The van der Waals surface area contributed by atoms with Crippen molar-refractivity contribution in [3.63, 3.8) is 0 Å². The van der Waals surface area contributed by atoms with Gasteiger partial charge in [0.1, 0.15) is 17.1 Å². The molecule has 2 aliphatic rings. The van der Waals surface area contributed by atoms with Gasteiger partial charge in [0.25, 0.3) is 0 Å². The van der Waals surface area contributed by atoms with Gasteiger partial charge >= 0.3 is 6.18 Å². The second kappa shape index (κ2) is 9.74. The third-order valence-electron chi connectivity index (χ3n) is 5.81. The Balaban J connectivity index is 1.62. The Morgan fingerprint density at radius 3 is 2.47 bits per heavy atom. The zero-order valence-electron chi connectivity index (χ0n) is 16.7. The smallest absolute Gasteiger partial charge is 0.397 e. The van der Waals surface area contributed by atoms with Gasteiger partial charge in [0.2, 0.25) is 0 Å². The molecule has 0 atom stereocenters. The molecule has 1 aliphatic heterocycles. The van der Waals surface area contributed by atoms with Crippen molar-refractivity contribution in [2.75, 3.05) is 26.3 Å². The first-order valence-corrected chi connectivity index (χ1v) is 10.1. The number of hydrogen-bond acceptors (Lipinski definition) is 6. The summed E-state index contributed by atoms with van der Waals surface area (Å²) in [5.41, 5.74) is 3.91. The van der Waals surface area contributed by atoms with E-state index in [4.69, 9.17) is 16.3 Å². The highest BCUT2D eigenvalue weighted by Crippen LogP contribution is 2.31. The molecule has 0 amide bonds. The third-order valence-corrected chi connectivity index (χ3v) is 5.81. The predicted molar refractivity (Wildman–Crippen MR) is 105 cm³/mol. The normalized spacial score (nSPS) is 24.8. The number of ether oxygens (including phenoxy) is 1. The lowest BCUT2D eigenvalue weighted by Crippen LogP contribution is -2.45. The second-order valence-corrected chi connectivity index (χ2v) is 7.72. The van der Waals surface area contributed by atoms with E-state index < -0.39 is 23.4 Å². The van der Waals surface area contributed by atoms with Crippen LogP contribution in [0.5, 0.6) is 0 Å². The highest BCUT2D eigenvalue weighted by atomic mass is 19.4. The van der Waals surface area contributed by atoms with E-state index in [1.165, 1.54) is 0 Å². The highest BCUT2D eigenvalue weighted by Gasteiger charge is 2.34. The molecule has 0 radical (unpaired) electrons. The Labute approximate surface area is 173 Å². The number of morpholine rings is 1. The van der Waals surface area contributed by atoms with Gasteiger partial charge in [-0.15, -0.1) is 0 Å². The maximum atomic E-state index is 14.1. The Hall–Kier alpha value is -2.20. The van der Waals surface area contributed by atoms with Gasteiger partial charge in [-0.2, -0.15) is 18.3 Å². The van der Waals surface area contributed by atoms with E-state index in [1.807, 2.05) is 0 Å². The first-order chi connectivity index (χ1) is 14.3. The molecule has 0 unspecified atom stereocenters. The standard InChI is InChI=1S/C20H27F4N5O/c21-15-6-8-17(20(22,23)24)27-18(15)19(28-26)16(25)7-3-13-1-4-14(5-2-13)29-9-11-30-12-10-29/h6-8,13-14H,1-5,9-12,25-26H2/b16-7+,28-19+. The number of allylic oxidation sites excluding steroid dienone is 2. The molecule has 1 saturated heterocycles. The van der Waals surface area contributed by atoms with Crippen LogP contribution in [0, 0.1) is 11.7 Å². The molecule has 2 heterocycles. The van der Waals surface area contributed by atoms with Crippen LogP contribution in [0.25, 0.3) is 0 Å². The minimum atomic E-state index is -4.71. The Kier molecular flexibility index (Phi) is 7.30. The molecule has 3 rings (SSSR count). The molecule has 10 heteroatoms. The van der Waals surface area contributed by atoms with Crippen LogP contribution in [0.15, 0.2) is 29.0 Å². The first-order valence-electron chi connectivity index (χ1n) is 10.1. The van der Waals surface area contributed by atoms with Gasteiger partial charge in [0.15, 0.2) is 5.82 Å². The Morgan fingerprint density at radius 1 is 1.20 bits per heavy atom. The van der Waals surface area contributed by atoms with Gasteiger partial charge in [-0.05, 0) is 50.2 Å². The molecule has 4 N–H and O–H groups in total. The van der Waals surface area contributed by atoms with E-state index >= 15 is 0 Å². The second-order valence-electron chi connectivity index (χ2n) is 7.72. The summed E-state index contributed by atoms with van der Waals surface area (Å²) in [6.07, 6.45) is 1.79. The van der Waals surface area contributed by atoms with Gasteiger partial charge in [-0.25, -0.2) is 9.37 Å². The number of hydrogen-bond donors (Lipinski definition) is 2. The van der Waals surface area contributed by atoms with E-state index in [2.05, 4.69) is 15.0 Å². The van der Waals surface area contributed by atoms with Crippen molar-refractivity contribution in [3.8, 4) is 0 Å². The van der Waals surface area contributed by atoms with Crippen molar-refractivity contribution in [2.45, 2.75) is 44.3 Å². The lowest BCUT2D eigenvalue weighted by atomic mass is 9.83. The van der Waals surface area contributed by atoms with Crippen molar-refractivity contribution in [3.05, 3.63) is 41.1 Å². The molecule has 2 fully saturated rings. The number of alkyl halides is 3. The molecular weight excluding hydrogens is 402 g/mol. The number of aromatic nitrogens is 1. The van der Waals surface area contributed by atoms with Gasteiger partial charge < -0.3 is 16.3 Å². The van der Waals surface area contributed by atoms with Crippen LogP contribution in [-0.2, 0) is 10.9 Å². The van der Waals surface area contributed by atoms with E-state index in [0.29, 0.717) is 30.5 Å². The van der Waals surface area contributed by atoms with Crippen LogP contribution in [0.1, 0.15) is 43.5 Å². The molecule has 0 bridgehead atoms. The molecule has 30 heavy (non-hydrogen) atoms. The summed E-state index contributed by atoms with van der Waals surface area (Å²) in [6.45, 7) is 3.49. The maximum Gasteiger partial charge on any atom is 0.433 e. The molecular formula is C20H27F4N5O. The summed E-state index contributed by atoms with van der Waals surface area (Å²) in [4.78, 5) is 5.82. The molecule has 1 aliphatic carbocycles. The zero-order chi connectivity index (χ0) is 21.7. The summed E-state index contributed by atoms with van der Waals surface area (Å²) in [7, 11) is 0. The van der Waals surface area contributed by atoms with Crippen molar-refractivity contribution in [2.24, 2.45) is 22.6 Å². The van der Waals surface area contributed by atoms with Crippen molar-refractivity contribution >= 4 is 5.71 Å². The number of pyridine rings is 1. The quantitative estimate of drug-likeness (QED) is 0.325. The molecule has 1 aromatic rings. The van der Waals surface area contributed by atoms with Crippen LogP contribution in [0.3, 0.4) is 0 Å². The predicted octanol–water partition coefficient (Wildman–Crippen LogP) is 3.03. The Bertz CT molecular complexity index is 782. The minimum absolute atomic E-state index is 0.0264. The molecule has 1 saturated carbocycles. The fraction of sp³-hybridized carbons (Fsp3) is 0.600. The summed E-state index contributed by atoms with van der Waals surface area (Å²) >= 11 is 0. The average Bonchev–Trinajstić information content (AvgIpc) is 2.74. The van der Waals surface area contributed by atoms with Crippen LogP contribution in [-0.4, -0.2) is 47.9 Å². The monoisotopic (exact) mass is 429 g/mol. The molecule has 0 aromatic carbocycles. The summed E-state index contributed by atoms with van der Waals surface area (Å²) in [5.74, 6) is 4.75. The molecule has 0 spiro atoms. The van der Waals surface area contributed by atoms with Gasteiger partial charge in [0, 0.05) is 19.1 Å². The zero-order valence-corrected chi connectivity index (χ0v) is 16.7. The molecule has 166 valence electrons. The van der Waals surface area contributed by atoms with Crippen molar-refractivity contribution in [1.82, 2.24) is 9.88 Å². The Morgan fingerprint density at radius 2 is 1.87 bits per heavy atom. The highest BCUT2D eigenvalue weighted by molar-refractivity contribution is 6.10. The summed E-state index contributed by atoms with van der Waals surface area (Å²) in [5, 5.41) is 3.41. The average molecular weight is 429 g/mol. The van der Waals surface area contributed by atoms with Gasteiger partial charge in [-0.3, -0.25) is 4.90 Å². The topological polar surface area (TPSA) is 89.8 Å². The van der Waals surface area contributed by atoms with E-state index in [9.17, 15) is 17.6 Å². The molecule has 1 aromatic heterocycles. The lowest BCUT2D eigenvalue weighted by molar-refractivity contribution is -0.141. The fourth-order valence-corrected chi connectivity index (χ4v) is 4.12. The lowest BCUT2D eigenvalue weighted by Gasteiger charge is -2.38. The SMILES string of the molecule is N/N=C(\C(N)=C/CC1CCC(N2CCOCC2)CC1)c1nc(C(F)(F)F)ccc1F. The van der Waals surface area contributed by atoms with Crippen LogP contribution in [0.4, 0.5) is 17.6 Å². The largest absolute Gasteiger partial charge is 0.433 e. The number of nitrogens with zero attached hydrogens (tertiary/aromatic N) is 3. The number of halogens is 4.